The maximum Gasteiger partial charge on any atom is 0.251 e. The van der Waals surface area contributed by atoms with Gasteiger partial charge in [0.25, 0.3) is 5.91 Å². The first-order chi connectivity index (χ1) is 12.9. The maximum absolute atomic E-state index is 12.8. The van der Waals surface area contributed by atoms with E-state index in [0.717, 1.165) is 29.1 Å². The zero-order chi connectivity index (χ0) is 19.1. The highest BCUT2D eigenvalue weighted by atomic mass is 32.1. The van der Waals surface area contributed by atoms with Crippen molar-refractivity contribution in [1.29, 1.82) is 0 Å². The van der Waals surface area contributed by atoms with E-state index in [-0.39, 0.29) is 11.9 Å². The Kier molecular flexibility index (Phi) is 4.78. The molecule has 2 aliphatic heterocycles. The van der Waals surface area contributed by atoms with Crippen molar-refractivity contribution in [2.24, 2.45) is 0 Å². The van der Waals surface area contributed by atoms with Gasteiger partial charge in [0.2, 0.25) is 0 Å². The van der Waals surface area contributed by atoms with Crippen molar-refractivity contribution in [2.75, 3.05) is 12.8 Å². The molecule has 1 aromatic carbocycles. The number of anilines is 1. The molecule has 0 aliphatic carbocycles. The number of benzene rings is 1. The van der Waals surface area contributed by atoms with Gasteiger partial charge >= 0.3 is 0 Å². The summed E-state index contributed by atoms with van der Waals surface area (Å²) in [5.41, 5.74) is 9.78. The predicted molar refractivity (Wildman–Crippen MR) is 111 cm³/mol. The van der Waals surface area contributed by atoms with Crippen molar-refractivity contribution in [3.8, 4) is 10.6 Å². The van der Waals surface area contributed by atoms with Crippen LogP contribution in [-0.2, 0) is 4.79 Å². The summed E-state index contributed by atoms with van der Waals surface area (Å²) in [7, 11) is 2.20. The van der Waals surface area contributed by atoms with Crippen LogP contribution in [0.5, 0.6) is 0 Å². The molecule has 1 aromatic heterocycles. The average Bonchev–Trinajstić information content (AvgIpc) is 3.14. The molecule has 2 bridgehead atoms. The van der Waals surface area contributed by atoms with E-state index >= 15 is 0 Å². The van der Waals surface area contributed by atoms with Crippen LogP contribution in [-0.4, -0.2) is 41.0 Å². The highest BCUT2D eigenvalue weighted by Gasteiger charge is 2.39. The molecule has 2 aliphatic rings. The van der Waals surface area contributed by atoms with Crippen molar-refractivity contribution >= 4 is 28.5 Å². The van der Waals surface area contributed by atoms with Crippen LogP contribution in [0.1, 0.15) is 36.9 Å². The van der Waals surface area contributed by atoms with Crippen LogP contribution in [0, 0.1) is 6.92 Å². The molecule has 142 valence electrons. The Hall–Kier alpha value is -2.18. The summed E-state index contributed by atoms with van der Waals surface area (Å²) >= 11 is 1.59. The van der Waals surface area contributed by atoms with Crippen LogP contribution >= 0.6 is 11.3 Å². The van der Waals surface area contributed by atoms with Gasteiger partial charge in [0.15, 0.2) is 0 Å². The van der Waals surface area contributed by atoms with E-state index in [9.17, 15) is 4.79 Å². The highest BCUT2D eigenvalue weighted by molar-refractivity contribution is 7.13. The van der Waals surface area contributed by atoms with Gasteiger partial charge < -0.3 is 16.0 Å². The van der Waals surface area contributed by atoms with Gasteiger partial charge in [-0.15, -0.1) is 11.3 Å². The summed E-state index contributed by atoms with van der Waals surface area (Å²) in [6.45, 7) is 6.01. The third-order valence-corrected chi connectivity index (χ3v) is 6.96. The van der Waals surface area contributed by atoms with Crippen molar-refractivity contribution in [3.63, 3.8) is 0 Å². The van der Waals surface area contributed by atoms with Crippen molar-refractivity contribution in [1.82, 2.24) is 15.2 Å². The van der Waals surface area contributed by atoms with Gasteiger partial charge in [-0.1, -0.05) is 6.58 Å². The van der Waals surface area contributed by atoms with Crippen LogP contribution in [0.4, 0.5) is 5.69 Å². The molecule has 4 rings (SSSR count). The molecular weight excluding hydrogens is 356 g/mol. The fraction of sp³-hybridized carbons (Fsp3) is 0.429. The maximum atomic E-state index is 12.8. The molecule has 2 aromatic rings. The number of aromatic nitrogens is 1. The Labute approximate surface area is 164 Å². The zero-order valence-corrected chi connectivity index (χ0v) is 16.7. The van der Waals surface area contributed by atoms with Crippen LogP contribution in [0.3, 0.4) is 0 Å². The zero-order valence-electron chi connectivity index (χ0n) is 15.9. The number of fused-ring (bicyclic) bond motifs is 2. The number of nitrogens with two attached hydrogens (primary N) is 1. The number of piperidine rings is 1. The molecule has 27 heavy (non-hydrogen) atoms. The first-order valence-electron chi connectivity index (χ1n) is 9.46. The molecule has 0 radical (unpaired) electrons. The number of nitrogen functional groups attached to an aromatic ring is 1. The van der Waals surface area contributed by atoms with Crippen LogP contribution in [0.25, 0.3) is 16.1 Å². The van der Waals surface area contributed by atoms with E-state index in [1.54, 1.807) is 11.3 Å². The minimum atomic E-state index is -0.122. The Bertz CT molecular complexity index is 876. The average molecular weight is 383 g/mol. The summed E-state index contributed by atoms with van der Waals surface area (Å²) in [5.74, 6) is -0.122. The fourth-order valence-electron chi connectivity index (χ4n) is 4.36. The van der Waals surface area contributed by atoms with E-state index < -0.39 is 0 Å². The largest absolute Gasteiger partial charge is 0.398 e. The normalized spacial score (nSPS) is 24.7. The summed E-state index contributed by atoms with van der Waals surface area (Å²) in [5, 5.41) is 6.14. The first kappa shape index (κ1) is 18.2. The number of nitrogens with one attached hydrogen (secondary N) is 1. The lowest BCUT2D eigenvalue weighted by Crippen LogP contribution is -2.48. The summed E-state index contributed by atoms with van der Waals surface area (Å²) in [6, 6.07) is 7.09. The third-order valence-electron chi connectivity index (χ3n) is 5.95. The number of carbonyl (C=O) groups excluding carboxylic acids is 1. The molecule has 5 nitrogen and oxygen atoms in total. The predicted octanol–water partition coefficient (Wildman–Crippen LogP) is 3.46. The van der Waals surface area contributed by atoms with Gasteiger partial charge in [-0.25, -0.2) is 4.98 Å². The van der Waals surface area contributed by atoms with Crippen LogP contribution in [0.15, 0.2) is 30.2 Å². The number of nitrogens with zero attached hydrogens (tertiary/aromatic N) is 2. The van der Waals surface area contributed by atoms with Gasteiger partial charge in [-0.2, -0.15) is 0 Å². The van der Waals surface area contributed by atoms with Crippen LogP contribution in [0.2, 0.25) is 0 Å². The first-order valence-corrected chi connectivity index (χ1v) is 10.3. The van der Waals surface area contributed by atoms with E-state index in [0.29, 0.717) is 28.9 Å². The van der Waals surface area contributed by atoms with Crippen LogP contribution < -0.4 is 11.1 Å². The number of rotatable bonds is 4. The van der Waals surface area contributed by atoms with Crippen molar-refractivity contribution in [3.05, 3.63) is 41.4 Å². The van der Waals surface area contributed by atoms with E-state index in [1.807, 2.05) is 30.5 Å². The topological polar surface area (TPSA) is 71.2 Å². The van der Waals surface area contributed by atoms with E-state index in [4.69, 9.17) is 5.73 Å². The Morgan fingerprint density at radius 3 is 2.67 bits per heavy atom. The molecule has 3 heterocycles. The lowest BCUT2D eigenvalue weighted by atomic mass is 9.96. The Morgan fingerprint density at radius 1 is 1.33 bits per heavy atom. The van der Waals surface area contributed by atoms with E-state index in [1.165, 1.54) is 12.8 Å². The second-order valence-electron chi connectivity index (χ2n) is 7.77. The molecule has 6 heteroatoms. The van der Waals surface area contributed by atoms with Crippen molar-refractivity contribution in [2.45, 2.75) is 50.7 Å². The van der Waals surface area contributed by atoms with E-state index in [2.05, 4.69) is 28.8 Å². The number of aryl methyl sites for hydroxylation is 1. The summed E-state index contributed by atoms with van der Waals surface area (Å²) in [4.78, 5) is 19.8. The molecule has 0 spiro atoms. The lowest BCUT2D eigenvalue weighted by molar-refractivity contribution is -0.116. The van der Waals surface area contributed by atoms with Gasteiger partial charge in [0.05, 0.1) is 0 Å². The van der Waals surface area contributed by atoms with Crippen molar-refractivity contribution < 1.29 is 4.79 Å². The second kappa shape index (κ2) is 7.09. The fourth-order valence-corrected chi connectivity index (χ4v) is 5.16. The number of hydrogen-bond donors (Lipinski definition) is 2. The SMILES string of the molecule is C=C(C(=O)NC1CC2CCC(C1)N2C)c1cc(-c2nc(C)cs2)ccc1N. The standard InChI is InChI=1S/C21H26N4OS/c1-12-11-27-21(23-12)14-4-7-19(22)18(8-14)13(2)20(26)24-15-9-16-5-6-17(10-15)25(16)3/h4,7-8,11,15-17H,2,5-6,9-10,22H2,1,3H3,(H,24,26). The van der Waals surface area contributed by atoms with Gasteiger partial charge in [0.1, 0.15) is 5.01 Å². The van der Waals surface area contributed by atoms with Gasteiger partial charge in [-0.05, 0) is 57.9 Å². The number of amides is 1. The minimum absolute atomic E-state index is 0.122. The molecule has 1 amide bonds. The monoisotopic (exact) mass is 382 g/mol. The summed E-state index contributed by atoms with van der Waals surface area (Å²) < 4.78 is 0. The Balaban J connectivity index is 1.49. The molecule has 2 atom stereocenters. The molecule has 0 saturated carbocycles. The lowest BCUT2D eigenvalue weighted by Gasteiger charge is -2.36. The number of thiazole rings is 1. The number of carbonyl (C=O) groups is 1. The Morgan fingerprint density at radius 2 is 2.04 bits per heavy atom. The number of hydrogen-bond acceptors (Lipinski definition) is 5. The molecule has 2 saturated heterocycles. The van der Waals surface area contributed by atoms with Gasteiger partial charge in [-0.3, -0.25) is 4.79 Å². The quantitative estimate of drug-likeness (QED) is 0.628. The minimum Gasteiger partial charge on any atom is -0.398 e. The molecule has 2 unspecified atom stereocenters. The molecule has 3 N–H and O–H groups in total. The third kappa shape index (κ3) is 3.51. The van der Waals surface area contributed by atoms with Gasteiger partial charge in [0, 0.05) is 51.6 Å². The highest BCUT2D eigenvalue weighted by Crippen LogP contribution is 2.35. The smallest absolute Gasteiger partial charge is 0.251 e. The molecular formula is C21H26N4OS. The summed E-state index contributed by atoms with van der Waals surface area (Å²) in [6.07, 6.45) is 4.49. The second-order valence-corrected chi connectivity index (χ2v) is 8.62. The molecule has 2 fully saturated rings.